The molecule has 1 aromatic rings. The van der Waals surface area contributed by atoms with Gasteiger partial charge in [-0.3, -0.25) is 0 Å². The van der Waals surface area contributed by atoms with Gasteiger partial charge in [-0.2, -0.15) is 0 Å². The Morgan fingerprint density at radius 1 is 1.36 bits per heavy atom. The molecule has 3 atom stereocenters. The maximum Gasteiger partial charge on any atom is 0.161 e. The van der Waals surface area contributed by atoms with Crippen molar-refractivity contribution in [2.75, 3.05) is 13.6 Å². The number of ether oxygens (including phenoxy) is 1. The summed E-state index contributed by atoms with van der Waals surface area (Å²) in [5.41, 5.74) is 0.973. The number of likely N-dealkylation sites (tertiary alicyclic amines) is 1. The van der Waals surface area contributed by atoms with Crippen LogP contribution >= 0.6 is 0 Å². The summed E-state index contributed by atoms with van der Waals surface area (Å²) in [4.78, 5) is 2.31. The quantitative estimate of drug-likeness (QED) is 0.842. The van der Waals surface area contributed by atoms with Crippen LogP contribution in [-0.2, 0) is 5.41 Å². The van der Waals surface area contributed by atoms with Gasteiger partial charge >= 0.3 is 0 Å². The zero-order valence-corrected chi connectivity index (χ0v) is 13.5. The molecule has 1 fully saturated rings. The Kier molecular flexibility index (Phi) is 3.91. The SMILES string of the molecule is CC(C)Oc1ccc([C@@]23C=C[C@@H](O)C[C@@H]2N(C)CC3)cc1O. The lowest BCUT2D eigenvalue weighted by Gasteiger charge is -2.39. The zero-order chi connectivity index (χ0) is 15.9. The Balaban J connectivity index is 1.98. The van der Waals surface area contributed by atoms with Gasteiger partial charge in [-0.05, 0) is 58.0 Å². The molecule has 1 aliphatic carbocycles. The highest BCUT2D eigenvalue weighted by Crippen LogP contribution is 2.46. The molecule has 2 N–H and O–H groups in total. The van der Waals surface area contributed by atoms with Crippen molar-refractivity contribution >= 4 is 0 Å². The zero-order valence-electron chi connectivity index (χ0n) is 13.5. The predicted molar refractivity (Wildman–Crippen MR) is 86.3 cm³/mol. The van der Waals surface area contributed by atoms with Crippen LogP contribution in [0.15, 0.2) is 30.4 Å². The first-order valence-corrected chi connectivity index (χ1v) is 8.00. The molecule has 0 aromatic heterocycles. The average molecular weight is 303 g/mol. The van der Waals surface area contributed by atoms with E-state index in [0.29, 0.717) is 5.75 Å². The highest BCUT2D eigenvalue weighted by Gasteiger charge is 2.47. The monoisotopic (exact) mass is 303 g/mol. The lowest BCUT2D eigenvalue weighted by Crippen LogP contribution is -2.44. The van der Waals surface area contributed by atoms with E-state index in [0.717, 1.165) is 24.9 Å². The van der Waals surface area contributed by atoms with Crippen molar-refractivity contribution in [2.45, 2.75) is 50.4 Å². The fraction of sp³-hybridized carbons (Fsp3) is 0.556. The Hall–Kier alpha value is -1.52. The minimum atomic E-state index is -0.379. The van der Waals surface area contributed by atoms with Crippen LogP contribution in [-0.4, -0.2) is 47.0 Å². The van der Waals surface area contributed by atoms with E-state index < -0.39 is 0 Å². The van der Waals surface area contributed by atoms with Crippen molar-refractivity contribution in [1.29, 1.82) is 0 Å². The largest absolute Gasteiger partial charge is 0.504 e. The van der Waals surface area contributed by atoms with Crippen molar-refractivity contribution in [3.63, 3.8) is 0 Å². The number of hydrogen-bond acceptors (Lipinski definition) is 4. The van der Waals surface area contributed by atoms with Gasteiger partial charge in [-0.15, -0.1) is 0 Å². The van der Waals surface area contributed by atoms with E-state index in [9.17, 15) is 10.2 Å². The van der Waals surface area contributed by atoms with Gasteiger partial charge in [-0.25, -0.2) is 0 Å². The van der Waals surface area contributed by atoms with Crippen LogP contribution in [0.2, 0.25) is 0 Å². The van der Waals surface area contributed by atoms with Crippen molar-refractivity contribution in [1.82, 2.24) is 4.90 Å². The third-order valence-corrected chi connectivity index (χ3v) is 4.94. The summed E-state index contributed by atoms with van der Waals surface area (Å²) in [5.74, 6) is 0.714. The minimum absolute atomic E-state index is 0.0324. The fourth-order valence-electron chi connectivity index (χ4n) is 3.85. The molecule has 120 valence electrons. The molecule has 1 heterocycles. The molecule has 0 spiro atoms. The molecule has 0 amide bonds. The van der Waals surface area contributed by atoms with E-state index in [1.807, 2.05) is 38.1 Å². The second-order valence-electron chi connectivity index (χ2n) is 6.80. The van der Waals surface area contributed by atoms with Crippen LogP contribution in [0.3, 0.4) is 0 Å². The summed E-state index contributed by atoms with van der Waals surface area (Å²) in [7, 11) is 2.11. The van der Waals surface area contributed by atoms with Crippen LogP contribution in [0.5, 0.6) is 11.5 Å². The maximum absolute atomic E-state index is 10.3. The summed E-state index contributed by atoms with van der Waals surface area (Å²) in [5, 5.41) is 20.2. The number of fused-ring (bicyclic) bond motifs is 1. The molecule has 1 aromatic carbocycles. The summed E-state index contributed by atoms with van der Waals surface area (Å²) in [6.45, 7) is 4.88. The molecule has 22 heavy (non-hydrogen) atoms. The number of aliphatic hydroxyl groups excluding tert-OH is 1. The number of aliphatic hydroxyl groups is 1. The lowest BCUT2D eigenvalue weighted by molar-refractivity contribution is 0.137. The lowest BCUT2D eigenvalue weighted by atomic mass is 9.69. The van der Waals surface area contributed by atoms with Crippen LogP contribution in [0.4, 0.5) is 0 Å². The van der Waals surface area contributed by atoms with Gasteiger partial charge in [0, 0.05) is 11.5 Å². The smallest absolute Gasteiger partial charge is 0.161 e. The molecular formula is C18H25NO3. The second-order valence-corrected chi connectivity index (χ2v) is 6.80. The van der Waals surface area contributed by atoms with Crippen LogP contribution in [0.1, 0.15) is 32.3 Å². The van der Waals surface area contributed by atoms with E-state index >= 15 is 0 Å². The number of phenolic OH excluding ortho intramolecular Hbond substituents is 1. The molecule has 0 unspecified atom stereocenters. The molecule has 4 nitrogen and oxygen atoms in total. The highest BCUT2D eigenvalue weighted by atomic mass is 16.5. The number of rotatable bonds is 3. The van der Waals surface area contributed by atoms with Gasteiger partial charge in [0.1, 0.15) is 0 Å². The summed E-state index contributed by atoms with van der Waals surface area (Å²) >= 11 is 0. The predicted octanol–water partition coefficient (Wildman–Crippen LogP) is 2.44. The number of likely N-dealkylation sites (N-methyl/N-ethyl adjacent to an activating group) is 1. The van der Waals surface area contributed by atoms with Crippen molar-refractivity contribution in [3.8, 4) is 11.5 Å². The first-order valence-electron chi connectivity index (χ1n) is 8.00. The van der Waals surface area contributed by atoms with E-state index in [2.05, 4.69) is 18.0 Å². The topological polar surface area (TPSA) is 52.9 Å². The molecule has 0 bridgehead atoms. The van der Waals surface area contributed by atoms with Gasteiger partial charge in [-0.1, -0.05) is 18.2 Å². The minimum Gasteiger partial charge on any atom is -0.504 e. The number of nitrogens with zero attached hydrogens (tertiary/aromatic N) is 1. The summed E-state index contributed by atoms with van der Waals surface area (Å²) in [6.07, 6.45) is 5.41. The first-order chi connectivity index (χ1) is 10.4. The first kappa shape index (κ1) is 15.4. The molecule has 0 radical (unpaired) electrons. The Bertz CT molecular complexity index is 584. The van der Waals surface area contributed by atoms with Gasteiger partial charge in [0.2, 0.25) is 0 Å². The van der Waals surface area contributed by atoms with E-state index in [4.69, 9.17) is 4.74 Å². The molecule has 3 rings (SSSR count). The Morgan fingerprint density at radius 2 is 2.14 bits per heavy atom. The summed E-state index contributed by atoms with van der Waals surface area (Å²) < 4.78 is 5.62. The van der Waals surface area contributed by atoms with Crippen LogP contribution < -0.4 is 4.74 Å². The van der Waals surface area contributed by atoms with E-state index in [1.54, 1.807) is 0 Å². The average Bonchev–Trinajstić information content (AvgIpc) is 2.79. The normalized spacial score (nSPS) is 31.5. The number of aromatic hydroxyl groups is 1. The number of hydrogen-bond donors (Lipinski definition) is 2. The number of benzene rings is 1. The van der Waals surface area contributed by atoms with Gasteiger partial charge in [0.25, 0.3) is 0 Å². The van der Waals surface area contributed by atoms with Crippen LogP contribution in [0, 0.1) is 0 Å². The fourth-order valence-corrected chi connectivity index (χ4v) is 3.85. The molecular weight excluding hydrogens is 278 g/mol. The molecule has 4 heteroatoms. The van der Waals surface area contributed by atoms with Crippen molar-refractivity contribution in [2.24, 2.45) is 0 Å². The van der Waals surface area contributed by atoms with Crippen molar-refractivity contribution < 1.29 is 14.9 Å². The molecule has 2 aliphatic rings. The van der Waals surface area contributed by atoms with Gasteiger partial charge < -0.3 is 19.8 Å². The Labute approximate surface area is 132 Å². The van der Waals surface area contributed by atoms with Crippen molar-refractivity contribution in [3.05, 3.63) is 35.9 Å². The molecule has 1 saturated heterocycles. The third-order valence-electron chi connectivity index (χ3n) is 4.94. The van der Waals surface area contributed by atoms with E-state index in [-0.39, 0.29) is 29.4 Å². The molecule has 0 saturated carbocycles. The second kappa shape index (κ2) is 5.60. The van der Waals surface area contributed by atoms with Crippen LogP contribution in [0.25, 0.3) is 0 Å². The standard InChI is InChI=1S/C18H25NO3/c1-12(2)22-16-5-4-13(10-15(16)21)18-7-6-14(20)11-17(18)19(3)9-8-18/h4-7,10,12,14,17,20-21H,8-9,11H2,1-3H3/t14-,17+,18+/m1/s1. The summed E-state index contributed by atoms with van der Waals surface area (Å²) in [6, 6.07) is 5.99. The third kappa shape index (κ3) is 2.50. The maximum atomic E-state index is 10.3. The van der Waals surface area contributed by atoms with Gasteiger partial charge in [0.05, 0.1) is 12.2 Å². The van der Waals surface area contributed by atoms with Gasteiger partial charge in [0.15, 0.2) is 11.5 Å². The van der Waals surface area contributed by atoms with E-state index in [1.165, 1.54) is 0 Å². The highest BCUT2D eigenvalue weighted by molar-refractivity contribution is 5.48. The molecule has 1 aliphatic heterocycles. The number of phenols is 1. The Morgan fingerprint density at radius 3 is 2.82 bits per heavy atom.